The minimum Gasteiger partial charge on any atom is -0.372 e. The fourth-order valence-electron chi connectivity index (χ4n) is 3.09. The van der Waals surface area contributed by atoms with Gasteiger partial charge in [-0.15, -0.1) is 0 Å². The van der Waals surface area contributed by atoms with Crippen LogP contribution < -0.4 is 15.5 Å². The van der Waals surface area contributed by atoms with Gasteiger partial charge < -0.3 is 15.5 Å². The fourth-order valence-corrected chi connectivity index (χ4v) is 3.09. The van der Waals surface area contributed by atoms with Crippen LogP contribution in [0.5, 0.6) is 0 Å². The highest BCUT2D eigenvalue weighted by molar-refractivity contribution is 6.02. The highest BCUT2D eigenvalue weighted by Crippen LogP contribution is 2.18. The second-order valence-corrected chi connectivity index (χ2v) is 6.80. The van der Waals surface area contributed by atoms with Gasteiger partial charge in [0.2, 0.25) is 0 Å². The second-order valence-electron chi connectivity index (χ2n) is 6.80. The molecule has 0 aliphatic heterocycles. The zero-order chi connectivity index (χ0) is 20.6. The maximum Gasteiger partial charge on any atom is 0.275 e. The predicted octanol–water partition coefficient (Wildman–Crippen LogP) is 4.50. The highest BCUT2D eigenvalue weighted by Gasteiger charge is 2.09. The number of hydrogen-bond donors (Lipinski definition) is 2. The predicted molar refractivity (Wildman–Crippen MR) is 118 cm³/mol. The Bertz CT molecular complexity index is 934. The van der Waals surface area contributed by atoms with Crippen LogP contribution in [0.25, 0.3) is 0 Å². The molecule has 0 spiro atoms. The maximum absolute atomic E-state index is 12.4. The van der Waals surface area contributed by atoms with Crippen LogP contribution in [0.3, 0.4) is 0 Å². The highest BCUT2D eigenvalue weighted by atomic mass is 16.1. The number of hydrogen-bond acceptors (Lipinski definition) is 5. The van der Waals surface area contributed by atoms with Crippen LogP contribution in [0.1, 0.15) is 35.5 Å². The summed E-state index contributed by atoms with van der Waals surface area (Å²) in [7, 11) is 0. The molecule has 1 aromatic heterocycles. The average molecular weight is 390 g/mol. The Kier molecular flexibility index (Phi) is 6.79. The Morgan fingerprint density at radius 1 is 1.00 bits per heavy atom. The van der Waals surface area contributed by atoms with Crippen LogP contribution in [0.2, 0.25) is 0 Å². The number of rotatable bonds is 8. The standard InChI is InChI=1S/C23H27N5O/c1-4-28(5-2)20-11-9-19(10-12-20)27-23(29)21-15-26-22(16-24-21)25-14-18-8-6-7-17(3)13-18/h6-13,15-16H,4-5,14H2,1-3H3,(H,25,26)(H,27,29). The largest absolute Gasteiger partial charge is 0.372 e. The van der Waals surface area contributed by atoms with Crippen LogP contribution in [-0.2, 0) is 6.54 Å². The van der Waals surface area contributed by atoms with E-state index in [9.17, 15) is 4.79 Å². The van der Waals surface area contributed by atoms with Crippen LogP contribution in [-0.4, -0.2) is 29.0 Å². The number of nitrogens with zero attached hydrogens (tertiary/aromatic N) is 3. The summed E-state index contributed by atoms with van der Waals surface area (Å²) in [6.07, 6.45) is 3.06. The molecule has 0 aliphatic carbocycles. The molecule has 0 atom stereocenters. The van der Waals surface area contributed by atoms with Gasteiger partial charge >= 0.3 is 0 Å². The molecule has 0 fully saturated rings. The third-order valence-corrected chi connectivity index (χ3v) is 4.69. The fraction of sp³-hybridized carbons (Fsp3) is 0.261. The molecule has 6 heteroatoms. The Labute approximate surface area is 172 Å². The summed E-state index contributed by atoms with van der Waals surface area (Å²) >= 11 is 0. The number of anilines is 3. The molecule has 0 radical (unpaired) electrons. The quantitative estimate of drug-likeness (QED) is 0.594. The Balaban J connectivity index is 1.57. The number of carbonyl (C=O) groups excluding carboxylic acids is 1. The van der Waals surface area contributed by atoms with Crippen molar-refractivity contribution in [1.29, 1.82) is 0 Å². The molecule has 6 nitrogen and oxygen atoms in total. The van der Waals surface area contributed by atoms with Gasteiger partial charge in [-0.1, -0.05) is 29.8 Å². The first-order chi connectivity index (χ1) is 14.1. The molecular weight excluding hydrogens is 362 g/mol. The van der Waals surface area contributed by atoms with Crippen molar-refractivity contribution in [1.82, 2.24) is 9.97 Å². The van der Waals surface area contributed by atoms with E-state index in [0.29, 0.717) is 12.4 Å². The second kappa shape index (κ2) is 9.68. The van der Waals surface area contributed by atoms with E-state index < -0.39 is 0 Å². The first-order valence-electron chi connectivity index (χ1n) is 9.87. The summed E-state index contributed by atoms with van der Waals surface area (Å²) in [5.41, 5.74) is 4.53. The molecular formula is C23H27N5O. The van der Waals surface area contributed by atoms with Gasteiger partial charge in [0.1, 0.15) is 11.5 Å². The molecule has 0 unspecified atom stereocenters. The van der Waals surface area contributed by atoms with Crippen molar-refractivity contribution in [3.8, 4) is 0 Å². The number of aromatic nitrogens is 2. The van der Waals surface area contributed by atoms with Crippen LogP contribution >= 0.6 is 0 Å². The van der Waals surface area contributed by atoms with Gasteiger partial charge in [-0.05, 0) is 50.6 Å². The molecule has 0 aliphatic rings. The normalized spacial score (nSPS) is 10.4. The van der Waals surface area contributed by atoms with E-state index in [0.717, 1.165) is 24.5 Å². The lowest BCUT2D eigenvalue weighted by atomic mass is 10.1. The number of benzene rings is 2. The Morgan fingerprint density at radius 2 is 1.76 bits per heavy atom. The summed E-state index contributed by atoms with van der Waals surface area (Å²) in [5, 5.41) is 6.09. The summed E-state index contributed by atoms with van der Waals surface area (Å²) in [6, 6.07) is 16.1. The first-order valence-corrected chi connectivity index (χ1v) is 9.87. The van der Waals surface area contributed by atoms with E-state index >= 15 is 0 Å². The third kappa shape index (κ3) is 5.54. The van der Waals surface area contributed by atoms with E-state index in [1.165, 1.54) is 17.3 Å². The lowest BCUT2D eigenvalue weighted by molar-refractivity contribution is 0.102. The average Bonchev–Trinajstić information content (AvgIpc) is 2.75. The van der Waals surface area contributed by atoms with Crippen molar-refractivity contribution in [2.45, 2.75) is 27.3 Å². The lowest BCUT2D eigenvalue weighted by Crippen LogP contribution is -2.21. The number of nitrogens with one attached hydrogen (secondary N) is 2. The summed E-state index contributed by atoms with van der Waals surface area (Å²) < 4.78 is 0. The summed E-state index contributed by atoms with van der Waals surface area (Å²) in [4.78, 5) is 23.2. The van der Waals surface area contributed by atoms with E-state index in [-0.39, 0.29) is 11.6 Å². The van der Waals surface area contributed by atoms with Crippen molar-refractivity contribution in [3.05, 3.63) is 77.7 Å². The zero-order valence-electron chi connectivity index (χ0n) is 17.1. The van der Waals surface area contributed by atoms with Gasteiger partial charge in [0.25, 0.3) is 5.91 Å². The third-order valence-electron chi connectivity index (χ3n) is 4.69. The number of carbonyl (C=O) groups is 1. The SMILES string of the molecule is CCN(CC)c1ccc(NC(=O)c2cnc(NCc3cccc(C)c3)cn2)cc1. The monoisotopic (exact) mass is 389 g/mol. The van der Waals surface area contributed by atoms with Gasteiger partial charge in [-0.2, -0.15) is 0 Å². The van der Waals surface area contributed by atoms with Crippen LogP contribution in [0, 0.1) is 6.92 Å². The van der Waals surface area contributed by atoms with Crippen molar-refractivity contribution in [2.24, 2.45) is 0 Å². The van der Waals surface area contributed by atoms with Crippen molar-refractivity contribution in [3.63, 3.8) is 0 Å². The summed E-state index contributed by atoms with van der Waals surface area (Å²) in [6.45, 7) is 8.85. The molecule has 1 heterocycles. The lowest BCUT2D eigenvalue weighted by Gasteiger charge is -2.21. The molecule has 1 amide bonds. The Morgan fingerprint density at radius 3 is 2.38 bits per heavy atom. The van der Waals surface area contributed by atoms with Gasteiger partial charge in [0, 0.05) is 31.0 Å². The molecule has 2 N–H and O–H groups in total. The molecule has 0 saturated carbocycles. The van der Waals surface area contributed by atoms with Crippen molar-refractivity contribution < 1.29 is 4.79 Å². The molecule has 150 valence electrons. The minimum absolute atomic E-state index is 0.277. The van der Waals surface area contributed by atoms with Gasteiger partial charge in [-0.3, -0.25) is 4.79 Å². The van der Waals surface area contributed by atoms with Crippen molar-refractivity contribution >= 4 is 23.1 Å². The molecule has 3 aromatic rings. The number of aryl methyl sites for hydroxylation is 1. The van der Waals surface area contributed by atoms with Gasteiger partial charge in [-0.25, -0.2) is 9.97 Å². The molecule has 0 bridgehead atoms. The van der Waals surface area contributed by atoms with Gasteiger partial charge in [0.15, 0.2) is 0 Å². The van der Waals surface area contributed by atoms with Gasteiger partial charge in [0.05, 0.1) is 12.4 Å². The van der Waals surface area contributed by atoms with Crippen LogP contribution in [0.4, 0.5) is 17.2 Å². The molecule has 2 aromatic carbocycles. The van der Waals surface area contributed by atoms with E-state index in [2.05, 4.69) is 64.5 Å². The molecule has 3 rings (SSSR count). The number of amides is 1. The van der Waals surface area contributed by atoms with Crippen molar-refractivity contribution in [2.75, 3.05) is 28.6 Å². The maximum atomic E-state index is 12.4. The van der Waals surface area contributed by atoms with Crippen LogP contribution in [0.15, 0.2) is 60.9 Å². The zero-order valence-corrected chi connectivity index (χ0v) is 17.1. The minimum atomic E-state index is -0.279. The van der Waals surface area contributed by atoms with E-state index in [4.69, 9.17) is 0 Å². The topological polar surface area (TPSA) is 70.2 Å². The first kappa shape index (κ1) is 20.3. The summed E-state index contributed by atoms with van der Waals surface area (Å²) in [5.74, 6) is 0.352. The molecule has 29 heavy (non-hydrogen) atoms. The molecule has 0 saturated heterocycles. The Hall–Kier alpha value is -3.41. The van der Waals surface area contributed by atoms with E-state index in [1.54, 1.807) is 6.20 Å². The smallest absolute Gasteiger partial charge is 0.275 e. The van der Waals surface area contributed by atoms with E-state index in [1.807, 2.05) is 30.3 Å².